The lowest BCUT2D eigenvalue weighted by Crippen LogP contribution is -2.32. The number of ether oxygens (including phenoxy) is 1. The molecule has 0 bridgehead atoms. The SMILES string of the molecule is CN=C(C(=O)NCc1cccc(=O)[nH]1)c1cc(OCc2cccnc2C(F)(F)F)ccc1N. The molecule has 0 fully saturated rings. The summed E-state index contributed by atoms with van der Waals surface area (Å²) in [5, 5.41) is 2.63. The predicted molar refractivity (Wildman–Crippen MR) is 116 cm³/mol. The Morgan fingerprint density at radius 2 is 2.00 bits per heavy atom. The number of rotatable bonds is 7. The van der Waals surface area contributed by atoms with E-state index in [0.29, 0.717) is 5.69 Å². The summed E-state index contributed by atoms with van der Waals surface area (Å²) < 4.78 is 44.9. The quantitative estimate of drug-likeness (QED) is 0.370. The topological polar surface area (TPSA) is 122 Å². The fourth-order valence-electron chi connectivity index (χ4n) is 3.00. The van der Waals surface area contributed by atoms with Crippen molar-refractivity contribution >= 4 is 17.3 Å². The van der Waals surface area contributed by atoms with Gasteiger partial charge in [-0.3, -0.25) is 19.6 Å². The number of amides is 1. The predicted octanol–water partition coefficient (Wildman–Crippen LogP) is 2.69. The van der Waals surface area contributed by atoms with Crippen molar-refractivity contribution in [1.82, 2.24) is 15.3 Å². The Morgan fingerprint density at radius 3 is 2.70 bits per heavy atom. The molecule has 3 rings (SSSR count). The fraction of sp³-hybridized carbons (Fsp3) is 0.182. The molecule has 1 aromatic carbocycles. The number of nitrogens with two attached hydrogens (primary N) is 1. The largest absolute Gasteiger partial charge is 0.489 e. The number of nitrogens with one attached hydrogen (secondary N) is 2. The van der Waals surface area contributed by atoms with Crippen LogP contribution in [0.1, 0.15) is 22.5 Å². The minimum atomic E-state index is -4.62. The Balaban J connectivity index is 1.76. The summed E-state index contributed by atoms with van der Waals surface area (Å²) in [6.07, 6.45) is -3.56. The van der Waals surface area contributed by atoms with Gasteiger partial charge >= 0.3 is 6.18 Å². The summed E-state index contributed by atoms with van der Waals surface area (Å²) >= 11 is 0. The molecule has 0 radical (unpaired) electrons. The van der Waals surface area contributed by atoms with E-state index in [1.54, 1.807) is 12.1 Å². The van der Waals surface area contributed by atoms with Crippen molar-refractivity contribution in [2.45, 2.75) is 19.3 Å². The molecule has 0 aliphatic heterocycles. The van der Waals surface area contributed by atoms with Crippen LogP contribution in [-0.2, 0) is 24.1 Å². The summed E-state index contributed by atoms with van der Waals surface area (Å²) in [4.78, 5) is 34.0. The van der Waals surface area contributed by atoms with Gasteiger partial charge in [-0.15, -0.1) is 0 Å². The van der Waals surface area contributed by atoms with Crippen molar-refractivity contribution in [2.75, 3.05) is 12.8 Å². The molecule has 2 heterocycles. The Labute approximate surface area is 186 Å². The highest BCUT2D eigenvalue weighted by atomic mass is 19.4. The van der Waals surface area contributed by atoms with E-state index in [1.165, 1.54) is 43.4 Å². The number of aromatic nitrogens is 2. The zero-order chi connectivity index (χ0) is 24.0. The number of anilines is 1. The first-order chi connectivity index (χ1) is 15.7. The first-order valence-corrected chi connectivity index (χ1v) is 9.66. The van der Waals surface area contributed by atoms with Gasteiger partial charge < -0.3 is 20.8 Å². The van der Waals surface area contributed by atoms with Crippen LogP contribution in [0.25, 0.3) is 0 Å². The highest BCUT2D eigenvalue weighted by Crippen LogP contribution is 2.31. The standard InChI is InChI=1S/C22H20F3N5O3/c1-27-19(21(32)29-11-14-5-2-6-18(31)30-14)16-10-15(7-8-17(16)26)33-12-13-4-3-9-28-20(13)22(23,24)25/h2-10H,11-12,26H2,1H3,(H,29,32)(H,30,31). The molecule has 0 saturated carbocycles. The van der Waals surface area contributed by atoms with Gasteiger partial charge in [-0.1, -0.05) is 12.1 Å². The van der Waals surface area contributed by atoms with Gasteiger partial charge in [-0.05, 0) is 30.3 Å². The molecule has 0 aliphatic rings. The van der Waals surface area contributed by atoms with Gasteiger partial charge in [0.2, 0.25) is 5.56 Å². The van der Waals surface area contributed by atoms with E-state index >= 15 is 0 Å². The van der Waals surface area contributed by atoms with E-state index in [0.717, 1.165) is 6.20 Å². The van der Waals surface area contributed by atoms with Gasteiger partial charge in [-0.2, -0.15) is 13.2 Å². The normalized spacial score (nSPS) is 11.8. The second kappa shape index (κ2) is 9.98. The summed E-state index contributed by atoms with van der Waals surface area (Å²) in [6.45, 7) is -0.344. The summed E-state index contributed by atoms with van der Waals surface area (Å²) in [5.74, 6) is -0.366. The van der Waals surface area contributed by atoms with Gasteiger partial charge in [0.05, 0.1) is 6.54 Å². The van der Waals surface area contributed by atoms with Crippen LogP contribution in [0.2, 0.25) is 0 Å². The molecule has 0 atom stereocenters. The van der Waals surface area contributed by atoms with E-state index in [1.807, 2.05) is 0 Å². The molecule has 0 aliphatic carbocycles. The van der Waals surface area contributed by atoms with Crippen LogP contribution in [0, 0.1) is 0 Å². The number of aliphatic imine (C=N–C) groups is 1. The lowest BCUT2D eigenvalue weighted by Gasteiger charge is -2.14. The average Bonchev–Trinajstić information content (AvgIpc) is 2.78. The number of pyridine rings is 2. The van der Waals surface area contributed by atoms with Gasteiger partial charge in [0.25, 0.3) is 5.91 Å². The molecule has 0 saturated heterocycles. The van der Waals surface area contributed by atoms with Gasteiger partial charge in [0.15, 0.2) is 5.69 Å². The average molecular weight is 459 g/mol. The second-order valence-corrected chi connectivity index (χ2v) is 6.84. The van der Waals surface area contributed by atoms with Crippen LogP contribution < -0.4 is 21.3 Å². The number of hydrogen-bond donors (Lipinski definition) is 3. The zero-order valence-corrected chi connectivity index (χ0v) is 17.4. The third-order valence-electron chi connectivity index (χ3n) is 4.54. The van der Waals surface area contributed by atoms with Crippen molar-refractivity contribution < 1.29 is 22.7 Å². The van der Waals surface area contributed by atoms with Crippen molar-refractivity contribution in [3.63, 3.8) is 0 Å². The first-order valence-electron chi connectivity index (χ1n) is 9.66. The number of nitrogen functional groups attached to an aromatic ring is 1. The molecule has 172 valence electrons. The number of halogens is 3. The molecular formula is C22H20F3N5O3. The van der Waals surface area contributed by atoms with Gasteiger partial charge in [0, 0.05) is 41.8 Å². The Hall–Kier alpha value is -4.15. The Kier molecular flexibility index (Phi) is 7.11. The monoisotopic (exact) mass is 459 g/mol. The summed E-state index contributed by atoms with van der Waals surface area (Å²) in [5.41, 5.74) is 5.48. The van der Waals surface area contributed by atoms with E-state index in [4.69, 9.17) is 10.5 Å². The molecule has 4 N–H and O–H groups in total. The van der Waals surface area contributed by atoms with Crippen LogP contribution in [0.15, 0.2) is 64.5 Å². The van der Waals surface area contributed by atoms with Crippen molar-refractivity contribution in [1.29, 1.82) is 0 Å². The number of nitrogens with zero attached hydrogens (tertiary/aromatic N) is 2. The molecule has 8 nitrogen and oxygen atoms in total. The second-order valence-electron chi connectivity index (χ2n) is 6.84. The number of carbonyl (C=O) groups is 1. The third-order valence-corrected chi connectivity index (χ3v) is 4.54. The lowest BCUT2D eigenvalue weighted by atomic mass is 10.1. The van der Waals surface area contributed by atoms with Gasteiger partial charge in [0.1, 0.15) is 18.1 Å². The maximum absolute atomic E-state index is 13.1. The number of carbonyl (C=O) groups excluding carboxylic acids is 1. The van der Waals surface area contributed by atoms with E-state index in [-0.39, 0.29) is 40.4 Å². The highest BCUT2D eigenvalue weighted by molar-refractivity contribution is 6.46. The molecule has 11 heteroatoms. The number of alkyl halides is 3. The summed E-state index contributed by atoms with van der Waals surface area (Å²) in [6, 6.07) is 11.6. The van der Waals surface area contributed by atoms with Crippen molar-refractivity contribution in [2.24, 2.45) is 4.99 Å². The maximum Gasteiger partial charge on any atom is 0.433 e. The number of aromatic amines is 1. The molecule has 0 unspecified atom stereocenters. The number of H-pyrrole nitrogens is 1. The Morgan fingerprint density at radius 1 is 1.21 bits per heavy atom. The highest BCUT2D eigenvalue weighted by Gasteiger charge is 2.35. The van der Waals surface area contributed by atoms with E-state index in [2.05, 4.69) is 20.3 Å². The zero-order valence-electron chi connectivity index (χ0n) is 17.4. The Bertz CT molecular complexity index is 1240. The molecule has 33 heavy (non-hydrogen) atoms. The third kappa shape index (κ3) is 5.97. The number of benzene rings is 1. The minimum absolute atomic E-state index is 0.00594. The fourth-order valence-corrected chi connectivity index (χ4v) is 3.00. The van der Waals surface area contributed by atoms with Crippen LogP contribution in [0.5, 0.6) is 5.75 Å². The molecular weight excluding hydrogens is 439 g/mol. The minimum Gasteiger partial charge on any atom is -0.489 e. The van der Waals surface area contributed by atoms with E-state index < -0.39 is 24.4 Å². The van der Waals surface area contributed by atoms with Crippen molar-refractivity contribution in [3.05, 3.63) is 87.6 Å². The smallest absolute Gasteiger partial charge is 0.433 e. The molecule has 2 aromatic heterocycles. The van der Waals surface area contributed by atoms with E-state index in [9.17, 15) is 22.8 Å². The maximum atomic E-state index is 13.1. The van der Waals surface area contributed by atoms with Crippen molar-refractivity contribution in [3.8, 4) is 5.75 Å². The van der Waals surface area contributed by atoms with Crippen LogP contribution in [0.4, 0.5) is 18.9 Å². The van der Waals surface area contributed by atoms with Gasteiger partial charge in [-0.25, -0.2) is 0 Å². The molecule has 0 spiro atoms. The van der Waals surface area contributed by atoms with Crippen LogP contribution >= 0.6 is 0 Å². The van der Waals surface area contributed by atoms with Crippen LogP contribution in [-0.4, -0.2) is 28.6 Å². The first kappa shape index (κ1) is 23.5. The van der Waals surface area contributed by atoms with Crippen LogP contribution in [0.3, 0.4) is 0 Å². The number of hydrogen-bond acceptors (Lipinski definition) is 6. The molecule has 3 aromatic rings. The lowest BCUT2D eigenvalue weighted by molar-refractivity contribution is -0.142. The summed E-state index contributed by atoms with van der Waals surface area (Å²) in [7, 11) is 1.40. The molecule has 1 amide bonds.